The number of H-pyrrole nitrogens is 1. The van der Waals surface area contributed by atoms with Gasteiger partial charge in [-0.05, 0) is 73.1 Å². The monoisotopic (exact) mass is 824 g/mol. The average Bonchev–Trinajstić information content (AvgIpc) is 3.31. The van der Waals surface area contributed by atoms with Crippen LogP contribution in [0.1, 0.15) is 75.8 Å². The lowest BCUT2D eigenvalue weighted by atomic mass is 10.0. The molecule has 61 heavy (non-hydrogen) atoms. The predicted octanol–water partition coefficient (Wildman–Crippen LogP) is 5.22. The van der Waals surface area contributed by atoms with Gasteiger partial charge in [0.05, 0.1) is 41.0 Å². The van der Waals surface area contributed by atoms with Crippen molar-refractivity contribution >= 4 is 28.5 Å². The molecular formula is C47H49FN8O5. The Hall–Kier alpha value is -6.30. The number of halogens is 1. The van der Waals surface area contributed by atoms with E-state index in [0.29, 0.717) is 80.6 Å². The van der Waals surface area contributed by atoms with E-state index in [4.69, 9.17) is 4.74 Å². The SMILES string of the molecule is CCc1cccc(-c2cnc(C(=O)N3CCC(OC4CCN(CC(=O)N5CCN(C(=O)c6cc(Cc7n[nH]c(=O)c8ccccc78)ccc6F)CC5)CC4)CC3)c(C#N)c2)c1. The summed E-state index contributed by atoms with van der Waals surface area (Å²) in [6.07, 6.45) is 5.99. The number of ether oxygens (including phenoxy) is 1. The van der Waals surface area contributed by atoms with Crippen LogP contribution in [-0.4, -0.2) is 124 Å². The molecule has 8 rings (SSSR count). The first-order valence-corrected chi connectivity index (χ1v) is 21.2. The van der Waals surface area contributed by atoms with Crippen LogP contribution in [0.3, 0.4) is 0 Å². The van der Waals surface area contributed by atoms with Crippen molar-refractivity contribution in [3.8, 4) is 17.2 Å². The van der Waals surface area contributed by atoms with E-state index in [2.05, 4.69) is 45.2 Å². The molecule has 3 aliphatic heterocycles. The van der Waals surface area contributed by atoms with Crippen LogP contribution in [0.4, 0.5) is 4.39 Å². The highest BCUT2D eigenvalue weighted by molar-refractivity contribution is 5.96. The summed E-state index contributed by atoms with van der Waals surface area (Å²) in [5.74, 6) is -1.26. The van der Waals surface area contributed by atoms with Gasteiger partial charge < -0.3 is 19.4 Å². The molecule has 0 bridgehead atoms. The minimum atomic E-state index is -0.613. The van der Waals surface area contributed by atoms with Gasteiger partial charge in [0, 0.05) is 75.9 Å². The van der Waals surface area contributed by atoms with Crippen molar-refractivity contribution < 1.29 is 23.5 Å². The predicted molar refractivity (Wildman–Crippen MR) is 227 cm³/mol. The highest BCUT2D eigenvalue weighted by atomic mass is 19.1. The van der Waals surface area contributed by atoms with Crippen molar-refractivity contribution in [2.24, 2.45) is 0 Å². The number of piperidine rings is 2. The van der Waals surface area contributed by atoms with Crippen molar-refractivity contribution in [2.45, 2.75) is 57.7 Å². The highest BCUT2D eigenvalue weighted by Crippen LogP contribution is 2.26. The number of hydrogen-bond acceptors (Lipinski definition) is 9. The zero-order chi connectivity index (χ0) is 42.5. The summed E-state index contributed by atoms with van der Waals surface area (Å²) in [6.45, 7) is 6.23. The number of aromatic nitrogens is 3. The van der Waals surface area contributed by atoms with Crippen LogP contribution in [0.25, 0.3) is 21.9 Å². The molecule has 5 heterocycles. The molecule has 0 saturated carbocycles. The lowest BCUT2D eigenvalue weighted by Crippen LogP contribution is -2.53. The van der Waals surface area contributed by atoms with Crippen LogP contribution < -0.4 is 5.56 Å². The Morgan fingerprint density at radius 1 is 0.787 bits per heavy atom. The van der Waals surface area contributed by atoms with Crippen LogP contribution in [0, 0.1) is 17.1 Å². The van der Waals surface area contributed by atoms with E-state index >= 15 is 4.39 Å². The number of aryl methyl sites for hydroxylation is 1. The molecule has 3 saturated heterocycles. The molecule has 0 unspecified atom stereocenters. The molecule has 3 amide bonds. The Labute approximate surface area is 353 Å². The van der Waals surface area contributed by atoms with Gasteiger partial charge in [0.2, 0.25) is 5.91 Å². The van der Waals surface area contributed by atoms with Crippen molar-refractivity contribution in [2.75, 3.05) is 58.9 Å². The van der Waals surface area contributed by atoms with Gasteiger partial charge in [-0.3, -0.25) is 24.1 Å². The number of pyridine rings is 1. The van der Waals surface area contributed by atoms with Gasteiger partial charge in [0.1, 0.15) is 17.6 Å². The second kappa shape index (κ2) is 18.5. The van der Waals surface area contributed by atoms with E-state index in [9.17, 15) is 24.4 Å². The normalized spacial score (nSPS) is 16.8. The number of nitrogens with one attached hydrogen (secondary N) is 1. The highest BCUT2D eigenvalue weighted by Gasteiger charge is 2.32. The fourth-order valence-electron chi connectivity index (χ4n) is 8.64. The summed E-state index contributed by atoms with van der Waals surface area (Å²) < 4.78 is 21.5. The first-order valence-electron chi connectivity index (χ1n) is 21.2. The summed E-state index contributed by atoms with van der Waals surface area (Å²) in [7, 11) is 0. The first kappa shape index (κ1) is 41.4. The Bertz CT molecular complexity index is 2530. The maximum absolute atomic E-state index is 15.0. The quantitative estimate of drug-likeness (QED) is 0.200. The van der Waals surface area contributed by atoms with E-state index in [1.807, 2.05) is 24.3 Å². The molecular weight excluding hydrogens is 776 g/mol. The number of carbonyl (C=O) groups is 3. The maximum atomic E-state index is 15.0. The van der Waals surface area contributed by atoms with E-state index in [1.54, 1.807) is 51.2 Å². The molecule has 0 spiro atoms. The third-order valence-electron chi connectivity index (χ3n) is 12.2. The molecule has 2 aromatic heterocycles. The fraction of sp³-hybridized carbons (Fsp3) is 0.383. The molecule has 3 fully saturated rings. The van der Waals surface area contributed by atoms with Crippen LogP contribution in [0.2, 0.25) is 0 Å². The third-order valence-corrected chi connectivity index (χ3v) is 12.2. The minimum absolute atomic E-state index is 0.00620. The lowest BCUT2D eigenvalue weighted by molar-refractivity contribution is -0.135. The van der Waals surface area contributed by atoms with Crippen molar-refractivity contribution in [1.29, 1.82) is 5.26 Å². The molecule has 3 aliphatic rings. The average molecular weight is 825 g/mol. The Kier molecular flexibility index (Phi) is 12.6. The van der Waals surface area contributed by atoms with E-state index in [0.717, 1.165) is 43.5 Å². The van der Waals surface area contributed by atoms with Crippen molar-refractivity contribution in [3.05, 3.63) is 129 Å². The zero-order valence-corrected chi connectivity index (χ0v) is 34.3. The number of rotatable bonds is 10. The number of nitriles is 1. The summed E-state index contributed by atoms with van der Waals surface area (Å²) >= 11 is 0. The lowest BCUT2D eigenvalue weighted by Gasteiger charge is -2.38. The van der Waals surface area contributed by atoms with Gasteiger partial charge in [-0.25, -0.2) is 14.5 Å². The number of piperazine rings is 1. The number of amides is 3. The molecule has 0 aliphatic carbocycles. The summed E-state index contributed by atoms with van der Waals surface area (Å²) in [4.78, 5) is 64.3. The smallest absolute Gasteiger partial charge is 0.273 e. The van der Waals surface area contributed by atoms with Gasteiger partial charge in [-0.2, -0.15) is 10.4 Å². The van der Waals surface area contributed by atoms with Crippen LogP contribution >= 0.6 is 0 Å². The zero-order valence-electron chi connectivity index (χ0n) is 34.3. The molecule has 314 valence electrons. The van der Waals surface area contributed by atoms with E-state index in [-0.39, 0.29) is 52.9 Å². The van der Waals surface area contributed by atoms with Crippen molar-refractivity contribution in [1.82, 2.24) is 34.8 Å². The number of benzene rings is 3. The summed E-state index contributed by atoms with van der Waals surface area (Å²) in [5, 5.41) is 17.9. The third kappa shape index (κ3) is 9.38. The van der Waals surface area contributed by atoms with Gasteiger partial charge in [-0.1, -0.05) is 55.5 Å². The maximum Gasteiger partial charge on any atom is 0.273 e. The van der Waals surface area contributed by atoms with Gasteiger partial charge in [0.15, 0.2) is 0 Å². The Balaban J connectivity index is 0.763. The van der Waals surface area contributed by atoms with Crippen molar-refractivity contribution in [3.63, 3.8) is 0 Å². The molecule has 5 aromatic rings. The molecule has 14 heteroatoms. The number of fused-ring (bicyclic) bond motifs is 1. The first-order chi connectivity index (χ1) is 29.7. The van der Waals surface area contributed by atoms with Crippen LogP contribution in [0.5, 0.6) is 0 Å². The Morgan fingerprint density at radius 2 is 1.48 bits per heavy atom. The van der Waals surface area contributed by atoms with Gasteiger partial charge in [-0.15, -0.1) is 0 Å². The van der Waals surface area contributed by atoms with E-state index in [1.165, 1.54) is 11.6 Å². The van der Waals surface area contributed by atoms with Gasteiger partial charge in [0.25, 0.3) is 17.4 Å². The number of likely N-dealkylation sites (tertiary alicyclic amines) is 2. The molecule has 0 atom stereocenters. The number of aromatic amines is 1. The molecule has 0 radical (unpaired) electrons. The second-order valence-corrected chi connectivity index (χ2v) is 16.1. The van der Waals surface area contributed by atoms with Gasteiger partial charge >= 0.3 is 0 Å². The molecule has 13 nitrogen and oxygen atoms in total. The van der Waals surface area contributed by atoms with Crippen LogP contribution in [0.15, 0.2) is 83.8 Å². The largest absolute Gasteiger partial charge is 0.375 e. The number of carbonyl (C=O) groups excluding carboxylic acids is 3. The second-order valence-electron chi connectivity index (χ2n) is 16.1. The number of nitrogens with zero attached hydrogens (tertiary/aromatic N) is 7. The van der Waals surface area contributed by atoms with Crippen LogP contribution in [-0.2, 0) is 22.4 Å². The molecule has 3 aromatic carbocycles. The minimum Gasteiger partial charge on any atom is -0.375 e. The van der Waals surface area contributed by atoms with E-state index < -0.39 is 11.7 Å². The summed E-state index contributed by atoms with van der Waals surface area (Å²) in [5.41, 5.74) is 4.41. The topological polar surface area (TPSA) is 156 Å². The summed E-state index contributed by atoms with van der Waals surface area (Å²) in [6, 6.07) is 23.6. The standard InChI is InChI=1S/C47H49FN8O5/c1-2-31-6-5-7-33(24-31)35-27-34(28-49)44(50-29-35)47(60)55-18-14-37(15-19-55)61-36-12-16-53(17-13-36)30-43(57)54-20-22-56(23-21-54)46(59)40-25-32(10-11-41(40)48)26-42-38-8-3-4-9-39(38)45(58)52-51-42/h3-11,24-25,27,29,36-37H,2,12-23,26,30H2,1H3,(H,52,58). The Morgan fingerprint density at radius 3 is 2.20 bits per heavy atom. The molecule has 1 N–H and O–H groups in total. The number of hydrogen-bond donors (Lipinski definition) is 1. The fourth-order valence-corrected chi connectivity index (χ4v) is 8.64.